The summed E-state index contributed by atoms with van der Waals surface area (Å²) in [5, 5.41) is 0. The topological polar surface area (TPSA) is 56.3 Å². The lowest BCUT2D eigenvalue weighted by Crippen LogP contribution is -2.53. The second-order valence-corrected chi connectivity index (χ2v) is 9.42. The Hall–Kier alpha value is -2.12. The van der Waals surface area contributed by atoms with Gasteiger partial charge in [-0.1, -0.05) is 0 Å². The third kappa shape index (κ3) is 6.01. The molecule has 7 nitrogen and oxygen atoms in total. The van der Waals surface area contributed by atoms with Crippen molar-refractivity contribution in [2.45, 2.75) is 45.1 Å². The van der Waals surface area contributed by atoms with E-state index in [9.17, 15) is 9.59 Å². The number of benzene rings is 1. The van der Waals surface area contributed by atoms with Crippen molar-refractivity contribution in [2.75, 3.05) is 65.5 Å². The molecule has 2 amide bonds. The number of ether oxygens (including phenoxy) is 1. The highest BCUT2D eigenvalue weighted by atomic mass is 16.5. The molecule has 0 aromatic heterocycles. The lowest BCUT2D eigenvalue weighted by Gasteiger charge is -2.36. The van der Waals surface area contributed by atoms with Gasteiger partial charge in [-0.25, -0.2) is 4.79 Å². The second-order valence-electron chi connectivity index (χ2n) is 9.42. The van der Waals surface area contributed by atoms with Gasteiger partial charge in [0.15, 0.2) is 5.78 Å². The van der Waals surface area contributed by atoms with E-state index in [-0.39, 0.29) is 11.8 Å². The molecule has 3 heterocycles. The van der Waals surface area contributed by atoms with Gasteiger partial charge < -0.3 is 19.4 Å². The largest absolute Gasteiger partial charge is 0.494 e. The summed E-state index contributed by atoms with van der Waals surface area (Å²) in [6.45, 7) is 10.4. The van der Waals surface area contributed by atoms with Crippen LogP contribution in [-0.2, 0) is 0 Å². The van der Waals surface area contributed by atoms with Crippen molar-refractivity contribution < 1.29 is 14.3 Å². The number of hydrogen-bond acceptors (Lipinski definition) is 5. The van der Waals surface area contributed by atoms with Gasteiger partial charge in [0, 0.05) is 57.4 Å². The molecule has 4 rings (SSSR count). The molecule has 1 aromatic rings. The highest BCUT2D eigenvalue weighted by Gasteiger charge is 2.27. The molecule has 0 aliphatic carbocycles. The van der Waals surface area contributed by atoms with Crippen LogP contribution in [-0.4, -0.2) is 103 Å². The fourth-order valence-corrected chi connectivity index (χ4v) is 5.02. The zero-order valence-corrected chi connectivity index (χ0v) is 19.5. The minimum absolute atomic E-state index is 0.124. The molecule has 0 bridgehead atoms. The van der Waals surface area contributed by atoms with Crippen molar-refractivity contribution in [3.8, 4) is 5.75 Å². The number of carbonyl (C=O) groups excluding carboxylic acids is 2. The van der Waals surface area contributed by atoms with Crippen LogP contribution >= 0.6 is 0 Å². The van der Waals surface area contributed by atoms with Gasteiger partial charge in [-0.3, -0.25) is 9.69 Å². The SMILES string of the molecule is CC1CCCN1CCCOc1ccc(C(=O)CN2CCN(C(=O)N3CCCC3)CC2)cc1. The number of ketones is 1. The average Bonchev–Trinajstić information content (AvgIpc) is 3.49. The molecule has 1 unspecified atom stereocenters. The van der Waals surface area contributed by atoms with Gasteiger partial charge in [-0.15, -0.1) is 0 Å². The molecule has 3 aliphatic heterocycles. The summed E-state index contributed by atoms with van der Waals surface area (Å²) in [5.74, 6) is 0.948. The molecular formula is C25H38N4O3. The van der Waals surface area contributed by atoms with E-state index in [0.717, 1.165) is 63.3 Å². The second kappa shape index (κ2) is 11.1. The van der Waals surface area contributed by atoms with Crippen LogP contribution in [0.1, 0.15) is 49.4 Å². The first-order valence-corrected chi connectivity index (χ1v) is 12.4. The molecule has 176 valence electrons. The van der Waals surface area contributed by atoms with Crippen molar-refractivity contribution in [3.63, 3.8) is 0 Å². The van der Waals surface area contributed by atoms with E-state index in [2.05, 4.69) is 16.7 Å². The zero-order chi connectivity index (χ0) is 22.3. The molecule has 3 aliphatic rings. The van der Waals surface area contributed by atoms with E-state index in [1.807, 2.05) is 34.1 Å². The molecule has 0 spiro atoms. The number of piperazine rings is 1. The normalized spacial score (nSPS) is 22.5. The Morgan fingerprint density at radius 3 is 2.25 bits per heavy atom. The third-order valence-electron chi connectivity index (χ3n) is 7.11. The van der Waals surface area contributed by atoms with Crippen molar-refractivity contribution in [2.24, 2.45) is 0 Å². The molecule has 0 N–H and O–H groups in total. The monoisotopic (exact) mass is 442 g/mol. The van der Waals surface area contributed by atoms with Gasteiger partial charge in [0.05, 0.1) is 13.2 Å². The molecule has 1 atom stereocenters. The fourth-order valence-electron chi connectivity index (χ4n) is 5.02. The Labute approximate surface area is 192 Å². The number of nitrogens with zero attached hydrogens (tertiary/aromatic N) is 4. The van der Waals surface area contributed by atoms with Crippen LogP contribution in [0.5, 0.6) is 5.75 Å². The number of rotatable bonds is 8. The molecule has 32 heavy (non-hydrogen) atoms. The maximum absolute atomic E-state index is 12.7. The molecule has 0 saturated carbocycles. The first kappa shape index (κ1) is 23.1. The number of Topliss-reactive ketones (excluding diaryl/α,β-unsaturated/α-hetero) is 1. The summed E-state index contributed by atoms with van der Waals surface area (Å²) >= 11 is 0. The quantitative estimate of drug-likeness (QED) is 0.458. The first-order valence-electron chi connectivity index (χ1n) is 12.4. The van der Waals surface area contributed by atoms with Gasteiger partial charge in [-0.2, -0.15) is 0 Å². The molecule has 3 fully saturated rings. The molecule has 3 saturated heterocycles. The van der Waals surface area contributed by atoms with E-state index in [1.54, 1.807) is 0 Å². The number of carbonyl (C=O) groups is 2. The van der Waals surface area contributed by atoms with Crippen LogP contribution in [0.3, 0.4) is 0 Å². The van der Waals surface area contributed by atoms with Crippen molar-refractivity contribution in [3.05, 3.63) is 29.8 Å². The van der Waals surface area contributed by atoms with Gasteiger partial charge in [0.2, 0.25) is 0 Å². The summed E-state index contributed by atoms with van der Waals surface area (Å²) in [7, 11) is 0. The number of amides is 2. The number of hydrogen-bond donors (Lipinski definition) is 0. The van der Waals surface area contributed by atoms with Crippen LogP contribution < -0.4 is 4.74 Å². The standard InChI is InChI=1S/C25H38N4O3/c1-21-6-4-13-27(21)14-5-19-32-23-9-7-22(8-10-23)24(30)20-26-15-17-29(18-16-26)25(31)28-11-2-3-12-28/h7-10,21H,2-6,11-20H2,1H3. The predicted octanol–water partition coefficient (Wildman–Crippen LogP) is 2.96. The lowest BCUT2D eigenvalue weighted by molar-refractivity contribution is 0.0857. The zero-order valence-electron chi connectivity index (χ0n) is 19.5. The predicted molar refractivity (Wildman–Crippen MR) is 125 cm³/mol. The van der Waals surface area contributed by atoms with E-state index >= 15 is 0 Å². The van der Waals surface area contributed by atoms with E-state index in [1.165, 1.54) is 19.4 Å². The maximum atomic E-state index is 12.7. The van der Waals surface area contributed by atoms with Gasteiger partial charge >= 0.3 is 6.03 Å². The van der Waals surface area contributed by atoms with Crippen molar-refractivity contribution in [1.29, 1.82) is 0 Å². The Morgan fingerprint density at radius 1 is 0.906 bits per heavy atom. The van der Waals surface area contributed by atoms with Crippen LogP contribution in [0.2, 0.25) is 0 Å². The smallest absolute Gasteiger partial charge is 0.320 e. The minimum atomic E-state index is 0.124. The van der Waals surface area contributed by atoms with Crippen LogP contribution in [0, 0.1) is 0 Å². The van der Waals surface area contributed by atoms with Crippen molar-refractivity contribution >= 4 is 11.8 Å². The summed E-state index contributed by atoms with van der Waals surface area (Å²) in [4.78, 5) is 33.8. The summed E-state index contributed by atoms with van der Waals surface area (Å²) in [6, 6.07) is 8.41. The highest BCUT2D eigenvalue weighted by Crippen LogP contribution is 2.18. The lowest BCUT2D eigenvalue weighted by atomic mass is 10.1. The average molecular weight is 443 g/mol. The third-order valence-corrected chi connectivity index (χ3v) is 7.11. The van der Waals surface area contributed by atoms with E-state index in [0.29, 0.717) is 32.3 Å². The van der Waals surface area contributed by atoms with Gasteiger partial charge in [0.1, 0.15) is 5.75 Å². The molecular weight excluding hydrogens is 404 g/mol. The number of likely N-dealkylation sites (tertiary alicyclic amines) is 2. The maximum Gasteiger partial charge on any atom is 0.320 e. The van der Waals surface area contributed by atoms with Crippen LogP contribution in [0.15, 0.2) is 24.3 Å². The number of urea groups is 1. The van der Waals surface area contributed by atoms with Crippen LogP contribution in [0.4, 0.5) is 4.79 Å². The fraction of sp³-hybridized carbons (Fsp3) is 0.680. The van der Waals surface area contributed by atoms with Gasteiger partial charge in [-0.05, 0) is 69.8 Å². The van der Waals surface area contributed by atoms with E-state index < -0.39 is 0 Å². The Bertz CT molecular complexity index is 755. The first-order chi connectivity index (χ1) is 15.6. The van der Waals surface area contributed by atoms with Gasteiger partial charge in [0.25, 0.3) is 0 Å². The molecule has 0 radical (unpaired) electrons. The summed E-state index contributed by atoms with van der Waals surface area (Å²) in [5.41, 5.74) is 0.721. The molecule has 7 heteroatoms. The summed E-state index contributed by atoms with van der Waals surface area (Å²) in [6.07, 6.45) is 5.87. The summed E-state index contributed by atoms with van der Waals surface area (Å²) < 4.78 is 5.87. The Balaban J connectivity index is 1.15. The van der Waals surface area contributed by atoms with Crippen LogP contribution in [0.25, 0.3) is 0 Å². The van der Waals surface area contributed by atoms with E-state index in [4.69, 9.17) is 4.74 Å². The minimum Gasteiger partial charge on any atom is -0.494 e. The Kier molecular flexibility index (Phi) is 8.03. The highest BCUT2D eigenvalue weighted by molar-refractivity contribution is 5.97. The molecule has 1 aromatic carbocycles. The Morgan fingerprint density at radius 2 is 1.59 bits per heavy atom. The van der Waals surface area contributed by atoms with Crippen molar-refractivity contribution in [1.82, 2.24) is 19.6 Å².